The number of nitrogens with one attached hydrogen (secondary N) is 2. The molecule has 1 aliphatic heterocycles. The van der Waals surface area contributed by atoms with Crippen molar-refractivity contribution in [1.29, 1.82) is 0 Å². The van der Waals surface area contributed by atoms with Gasteiger partial charge >= 0.3 is 5.97 Å². The van der Waals surface area contributed by atoms with Gasteiger partial charge in [-0.2, -0.15) is 4.72 Å². The smallest absolute Gasteiger partial charge is 0.338 e. The number of sulfonamides is 1. The van der Waals surface area contributed by atoms with Crippen LogP contribution in [0.5, 0.6) is 11.5 Å². The zero-order valence-electron chi connectivity index (χ0n) is 26.1. The predicted molar refractivity (Wildman–Crippen MR) is 170 cm³/mol. The highest BCUT2D eigenvalue weighted by Crippen LogP contribution is 2.38. The molecule has 5 N–H and O–H groups in total. The summed E-state index contributed by atoms with van der Waals surface area (Å²) in [6.07, 6.45) is -6.88. The van der Waals surface area contributed by atoms with E-state index in [4.69, 9.17) is 18.9 Å². The molecular formula is C33H40N2O11S. The van der Waals surface area contributed by atoms with Crippen LogP contribution >= 0.6 is 0 Å². The first-order valence-corrected chi connectivity index (χ1v) is 16.6. The summed E-state index contributed by atoms with van der Waals surface area (Å²) in [6.45, 7) is 2.96. The molecule has 5 atom stereocenters. The average molecular weight is 673 g/mol. The Morgan fingerprint density at radius 1 is 0.936 bits per heavy atom. The number of Topliss-reactive ketones (excluding diaryl/α,β-unsaturated/α-hetero) is 1. The number of hydrogen-bond donors (Lipinski definition) is 5. The van der Waals surface area contributed by atoms with Crippen LogP contribution in [0.25, 0.3) is 0 Å². The Hall–Kier alpha value is -3.89. The van der Waals surface area contributed by atoms with E-state index in [9.17, 15) is 33.3 Å². The molecule has 1 fully saturated rings. The molecule has 3 aromatic rings. The van der Waals surface area contributed by atoms with Crippen molar-refractivity contribution in [3.8, 4) is 11.5 Å². The van der Waals surface area contributed by atoms with Gasteiger partial charge in [0.1, 0.15) is 48.3 Å². The molecule has 254 valence electrons. The number of ketones is 1. The van der Waals surface area contributed by atoms with E-state index >= 15 is 0 Å². The fourth-order valence-corrected chi connectivity index (χ4v) is 6.00. The van der Waals surface area contributed by atoms with Gasteiger partial charge in [0.15, 0.2) is 17.8 Å². The van der Waals surface area contributed by atoms with Crippen molar-refractivity contribution in [2.75, 3.05) is 25.1 Å². The Morgan fingerprint density at radius 3 is 2.28 bits per heavy atom. The van der Waals surface area contributed by atoms with Crippen molar-refractivity contribution in [2.24, 2.45) is 0 Å². The molecule has 0 aliphatic carbocycles. The Morgan fingerprint density at radius 2 is 1.62 bits per heavy atom. The summed E-state index contributed by atoms with van der Waals surface area (Å²) < 4.78 is 52.9. The van der Waals surface area contributed by atoms with Gasteiger partial charge < -0.3 is 39.6 Å². The minimum Gasteiger partial charge on any atom is -0.457 e. The van der Waals surface area contributed by atoms with Gasteiger partial charge in [-0.05, 0) is 43.2 Å². The number of rotatable bonds is 16. The van der Waals surface area contributed by atoms with Crippen LogP contribution in [-0.4, -0.2) is 85.9 Å². The molecular weight excluding hydrogens is 632 g/mol. The van der Waals surface area contributed by atoms with Gasteiger partial charge in [0.05, 0.1) is 17.9 Å². The molecule has 13 nitrogen and oxygen atoms in total. The van der Waals surface area contributed by atoms with E-state index in [2.05, 4.69) is 10.0 Å². The molecule has 3 aromatic carbocycles. The number of ether oxygens (including phenoxy) is 4. The topological polar surface area (TPSA) is 190 Å². The van der Waals surface area contributed by atoms with Crippen LogP contribution in [0, 0.1) is 0 Å². The van der Waals surface area contributed by atoms with Gasteiger partial charge in [0.2, 0.25) is 10.0 Å². The zero-order valence-corrected chi connectivity index (χ0v) is 26.9. The van der Waals surface area contributed by atoms with Crippen LogP contribution in [0.2, 0.25) is 0 Å². The molecule has 1 aliphatic rings. The van der Waals surface area contributed by atoms with Crippen LogP contribution in [0.3, 0.4) is 0 Å². The Kier molecular flexibility index (Phi) is 12.8. The normalized spacial score (nSPS) is 21.2. The van der Waals surface area contributed by atoms with Gasteiger partial charge in [-0.25, -0.2) is 13.2 Å². The SMILES string of the molecule is CCCCNc1cc(C(=O)OCc2ccccc2)cc(S(=O)(=O)NC2O[C@H](COCC(C)=O)[C@@H](O)[C@H](O)[C@H]2O)c1Oc1ccccc1. The summed E-state index contributed by atoms with van der Waals surface area (Å²) in [4.78, 5) is 24.1. The molecule has 47 heavy (non-hydrogen) atoms. The third-order valence-corrected chi connectivity index (χ3v) is 8.60. The molecule has 1 heterocycles. The monoisotopic (exact) mass is 672 g/mol. The molecule has 0 bridgehead atoms. The third-order valence-electron chi connectivity index (χ3n) is 7.17. The molecule has 4 rings (SSSR count). The van der Waals surface area contributed by atoms with Gasteiger partial charge in [-0.3, -0.25) is 4.79 Å². The standard InChI is InChI=1S/C33H40N2O11S/c1-3-4-15-34-25-16-23(33(40)44-19-22-11-7-5-8-12-22)17-27(31(25)45-24-13-9-6-10-14-24)47(41,42)35-32-30(39)29(38)28(37)26(46-32)20-43-18-21(2)36/h5-14,16-17,26,28-30,32,34-35,37-39H,3-4,15,18-20H2,1-2H3/t26-,28-,29+,30-,32?/m1/s1. The van der Waals surface area contributed by atoms with E-state index in [1.54, 1.807) is 54.6 Å². The maximum atomic E-state index is 14.1. The first kappa shape index (κ1) is 36.0. The highest BCUT2D eigenvalue weighted by molar-refractivity contribution is 7.89. The Bertz CT molecular complexity index is 1590. The molecule has 0 aromatic heterocycles. The van der Waals surface area contributed by atoms with Gasteiger partial charge in [0, 0.05) is 6.54 Å². The number of aliphatic hydroxyl groups excluding tert-OH is 3. The number of hydrogen-bond acceptors (Lipinski definition) is 12. The number of benzene rings is 3. The molecule has 0 spiro atoms. The van der Waals surface area contributed by atoms with Crippen molar-refractivity contribution in [1.82, 2.24) is 4.72 Å². The maximum Gasteiger partial charge on any atom is 0.338 e. The lowest BCUT2D eigenvalue weighted by Crippen LogP contribution is -2.63. The Balaban J connectivity index is 1.72. The van der Waals surface area contributed by atoms with E-state index < -0.39 is 51.5 Å². The predicted octanol–water partition coefficient (Wildman–Crippen LogP) is 2.74. The van der Waals surface area contributed by atoms with Gasteiger partial charge in [-0.1, -0.05) is 61.9 Å². The highest BCUT2D eigenvalue weighted by atomic mass is 32.2. The van der Waals surface area contributed by atoms with Gasteiger partial charge in [-0.15, -0.1) is 0 Å². The summed E-state index contributed by atoms with van der Waals surface area (Å²) in [6, 6.07) is 19.9. The minimum atomic E-state index is -4.71. The second-order valence-electron chi connectivity index (χ2n) is 11.0. The van der Waals surface area contributed by atoms with Crippen LogP contribution in [0.15, 0.2) is 77.7 Å². The van der Waals surface area contributed by atoms with Crippen LogP contribution in [0.4, 0.5) is 5.69 Å². The van der Waals surface area contributed by atoms with Crippen molar-refractivity contribution in [3.63, 3.8) is 0 Å². The zero-order chi connectivity index (χ0) is 34.0. The number of esters is 1. The lowest BCUT2D eigenvalue weighted by Gasteiger charge is -2.40. The molecule has 1 saturated heterocycles. The van der Waals surface area contributed by atoms with E-state index in [-0.39, 0.29) is 42.6 Å². The van der Waals surface area contributed by atoms with E-state index in [0.29, 0.717) is 12.3 Å². The van der Waals surface area contributed by atoms with Crippen molar-refractivity contribution in [2.45, 2.75) is 68.8 Å². The van der Waals surface area contributed by atoms with Crippen molar-refractivity contribution >= 4 is 27.5 Å². The molecule has 14 heteroatoms. The second kappa shape index (κ2) is 16.8. The van der Waals surface area contributed by atoms with Crippen LogP contribution < -0.4 is 14.8 Å². The molecule has 0 radical (unpaired) electrons. The fraction of sp³-hybridized carbons (Fsp3) is 0.394. The quantitative estimate of drug-likeness (QED) is 0.111. The summed E-state index contributed by atoms with van der Waals surface area (Å²) in [5.41, 5.74) is 0.816. The summed E-state index contributed by atoms with van der Waals surface area (Å²) in [5.74, 6) is -0.946. The summed E-state index contributed by atoms with van der Waals surface area (Å²) in [7, 11) is -4.71. The lowest BCUT2D eigenvalue weighted by molar-refractivity contribution is -0.234. The Labute approximate surface area is 273 Å². The summed E-state index contributed by atoms with van der Waals surface area (Å²) >= 11 is 0. The highest BCUT2D eigenvalue weighted by Gasteiger charge is 2.45. The fourth-order valence-electron chi connectivity index (χ4n) is 4.69. The largest absolute Gasteiger partial charge is 0.457 e. The number of carbonyl (C=O) groups is 2. The van der Waals surface area contributed by atoms with E-state index in [0.717, 1.165) is 24.5 Å². The first-order chi connectivity index (χ1) is 22.5. The van der Waals surface area contributed by atoms with Crippen LogP contribution in [-0.2, 0) is 35.6 Å². The number of unbranched alkanes of at least 4 members (excludes halogenated alkanes) is 1. The van der Waals surface area contributed by atoms with Crippen molar-refractivity contribution in [3.05, 3.63) is 83.9 Å². The number of para-hydroxylation sites is 1. The average Bonchev–Trinajstić information content (AvgIpc) is 3.06. The number of carbonyl (C=O) groups excluding carboxylic acids is 2. The van der Waals surface area contributed by atoms with E-state index in [1.807, 2.05) is 13.0 Å². The van der Waals surface area contributed by atoms with Crippen LogP contribution in [0.1, 0.15) is 42.6 Å². The molecule has 0 amide bonds. The van der Waals surface area contributed by atoms with Crippen molar-refractivity contribution < 1.29 is 52.3 Å². The number of aliphatic hydroxyl groups is 3. The molecule has 1 unspecified atom stereocenters. The molecule has 0 saturated carbocycles. The van der Waals surface area contributed by atoms with Gasteiger partial charge in [0.25, 0.3) is 0 Å². The number of anilines is 1. The minimum absolute atomic E-state index is 0.0592. The third kappa shape index (κ3) is 9.81. The first-order valence-electron chi connectivity index (χ1n) is 15.1. The summed E-state index contributed by atoms with van der Waals surface area (Å²) in [5, 5.41) is 34.8. The second-order valence-corrected chi connectivity index (χ2v) is 12.7. The van der Waals surface area contributed by atoms with E-state index in [1.165, 1.54) is 13.0 Å². The lowest BCUT2D eigenvalue weighted by atomic mass is 9.99. The maximum absolute atomic E-state index is 14.1.